The average Bonchev–Trinajstić information content (AvgIpc) is 2.74. The van der Waals surface area contributed by atoms with E-state index in [4.69, 9.17) is 11.6 Å². The Balaban J connectivity index is 2.43. The molecule has 0 radical (unpaired) electrons. The van der Waals surface area contributed by atoms with Gasteiger partial charge in [0.05, 0.1) is 17.5 Å². The molecule has 1 aromatic rings. The standard InChI is InChI=1S/C14H18ClNO3S/c1-10-3-4-11(2)13(7-10)16(14(17)8-15)12-5-6-20(18,19)9-12/h3-4,7,12H,5-6,8-9H2,1-2H3/t12-/m1/s1. The van der Waals surface area contributed by atoms with Gasteiger partial charge in [0.25, 0.3) is 0 Å². The van der Waals surface area contributed by atoms with E-state index in [-0.39, 0.29) is 29.3 Å². The SMILES string of the molecule is Cc1ccc(C)c(N(C(=O)CCl)[C@@H]2CCS(=O)(=O)C2)c1. The molecule has 6 heteroatoms. The maximum Gasteiger partial charge on any atom is 0.242 e. The summed E-state index contributed by atoms with van der Waals surface area (Å²) in [6.45, 7) is 3.85. The van der Waals surface area contributed by atoms with Crippen molar-refractivity contribution in [1.29, 1.82) is 0 Å². The molecule has 0 spiro atoms. The monoisotopic (exact) mass is 315 g/mol. The third-order valence-electron chi connectivity index (χ3n) is 3.58. The fourth-order valence-corrected chi connectivity index (χ4v) is 4.39. The van der Waals surface area contributed by atoms with Gasteiger partial charge in [-0.25, -0.2) is 8.42 Å². The number of aryl methyl sites for hydroxylation is 2. The number of anilines is 1. The van der Waals surface area contributed by atoms with E-state index in [1.54, 1.807) is 4.90 Å². The van der Waals surface area contributed by atoms with Crippen LogP contribution >= 0.6 is 11.6 Å². The Kier molecular flexibility index (Phi) is 4.39. The maximum absolute atomic E-state index is 12.2. The van der Waals surface area contributed by atoms with E-state index in [2.05, 4.69) is 0 Å². The van der Waals surface area contributed by atoms with Crippen LogP contribution < -0.4 is 4.90 Å². The molecule has 4 nitrogen and oxygen atoms in total. The van der Waals surface area contributed by atoms with Crippen LogP contribution in [-0.4, -0.2) is 37.8 Å². The number of benzene rings is 1. The average molecular weight is 316 g/mol. The minimum atomic E-state index is -3.05. The number of amides is 1. The van der Waals surface area contributed by atoms with Gasteiger partial charge in [0.2, 0.25) is 5.91 Å². The van der Waals surface area contributed by atoms with Gasteiger partial charge >= 0.3 is 0 Å². The Labute approximate surface area is 124 Å². The predicted octanol–water partition coefficient (Wildman–Crippen LogP) is 2.06. The number of hydrogen-bond acceptors (Lipinski definition) is 3. The number of sulfone groups is 1. The van der Waals surface area contributed by atoms with Crippen molar-refractivity contribution in [3.63, 3.8) is 0 Å². The van der Waals surface area contributed by atoms with Crippen LogP contribution in [0.3, 0.4) is 0 Å². The zero-order chi connectivity index (χ0) is 14.9. The molecule has 1 atom stereocenters. The summed E-state index contributed by atoms with van der Waals surface area (Å²) in [5, 5.41) is 0. The molecule has 1 heterocycles. The van der Waals surface area contributed by atoms with Crippen molar-refractivity contribution in [3.05, 3.63) is 29.3 Å². The first-order valence-electron chi connectivity index (χ1n) is 6.50. The fourth-order valence-electron chi connectivity index (χ4n) is 2.56. The lowest BCUT2D eigenvalue weighted by Crippen LogP contribution is -2.42. The minimum absolute atomic E-state index is 0.0169. The van der Waals surface area contributed by atoms with Crippen LogP contribution in [0.2, 0.25) is 0 Å². The summed E-state index contributed by atoms with van der Waals surface area (Å²) in [7, 11) is -3.05. The predicted molar refractivity (Wildman–Crippen MR) is 81.2 cm³/mol. The third kappa shape index (κ3) is 3.15. The molecule has 0 aromatic heterocycles. The molecule has 20 heavy (non-hydrogen) atoms. The Bertz CT molecular complexity index is 627. The summed E-state index contributed by atoms with van der Waals surface area (Å²) < 4.78 is 23.3. The minimum Gasteiger partial charge on any atom is -0.307 e. The van der Waals surface area contributed by atoms with E-state index in [0.29, 0.717) is 6.42 Å². The molecule has 2 rings (SSSR count). The number of alkyl halides is 1. The summed E-state index contributed by atoms with van der Waals surface area (Å²) in [5.74, 6) is -0.246. The lowest BCUT2D eigenvalue weighted by molar-refractivity contribution is -0.116. The lowest BCUT2D eigenvalue weighted by atomic mass is 10.1. The molecule has 0 aliphatic carbocycles. The molecular weight excluding hydrogens is 298 g/mol. The van der Waals surface area contributed by atoms with Crippen LogP contribution in [0.5, 0.6) is 0 Å². The molecule has 1 aliphatic heterocycles. The van der Waals surface area contributed by atoms with Gasteiger partial charge in [-0.3, -0.25) is 4.79 Å². The lowest BCUT2D eigenvalue weighted by Gasteiger charge is -2.29. The number of halogens is 1. The smallest absolute Gasteiger partial charge is 0.242 e. The number of nitrogens with zero attached hydrogens (tertiary/aromatic N) is 1. The van der Waals surface area contributed by atoms with Gasteiger partial charge < -0.3 is 4.90 Å². The second-order valence-corrected chi connectivity index (χ2v) is 7.74. The quantitative estimate of drug-likeness (QED) is 0.802. The fraction of sp³-hybridized carbons (Fsp3) is 0.500. The van der Waals surface area contributed by atoms with Gasteiger partial charge in [0.15, 0.2) is 9.84 Å². The molecule has 0 unspecified atom stereocenters. The molecule has 1 aliphatic rings. The zero-order valence-electron chi connectivity index (χ0n) is 11.6. The van der Waals surface area contributed by atoms with Gasteiger partial charge in [0.1, 0.15) is 5.88 Å². The normalized spacial score (nSPS) is 20.9. The first-order chi connectivity index (χ1) is 9.34. The molecule has 1 fully saturated rings. The Hall–Kier alpha value is -1.07. The summed E-state index contributed by atoms with van der Waals surface area (Å²) in [6, 6.07) is 5.49. The Morgan fingerprint density at radius 2 is 2.10 bits per heavy atom. The summed E-state index contributed by atoms with van der Waals surface area (Å²) in [6.07, 6.45) is 0.471. The molecule has 0 saturated carbocycles. The molecule has 1 saturated heterocycles. The molecule has 110 valence electrons. The van der Waals surface area contributed by atoms with Gasteiger partial charge in [-0.1, -0.05) is 12.1 Å². The molecule has 0 N–H and O–H groups in total. The van der Waals surface area contributed by atoms with Gasteiger partial charge in [-0.2, -0.15) is 0 Å². The number of hydrogen-bond donors (Lipinski definition) is 0. The summed E-state index contributed by atoms with van der Waals surface area (Å²) >= 11 is 5.70. The summed E-state index contributed by atoms with van der Waals surface area (Å²) in [4.78, 5) is 13.7. The highest BCUT2D eigenvalue weighted by Crippen LogP contribution is 2.28. The van der Waals surface area contributed by atoms with Crippen LogP contribution in [0.25, 0.3) is 0 Å². The first-order valence-corrected chi connectivity index (χ1v) is 8.85. The molecular formula is C14H18ClNO3S. The maximum atomic E-state index is 12.2. The molecule has 1 amide bonds. The topological polar surface area (TPSA) is 54.5 Å². The largest absolute Gasteiger partial charge is 0.307 e. The van der Waals surface area contributed by atoms with Crippen molar-refractivity contribution in [1.82, 2.24) is 0 Å². The van der Waals surface area contributed by atoms with E-state index < -0.39 is 9.84 Å². The summed E-state index contributed by atoms with van der Waals surface area (Å²) in [5.41, 5.74) is 2.73. The van der Waals surface area contributed by atoms with E-state index in [0.717, 1.165) is 16.8 Å². The van der Waals surface area contributed by atoms with Crippen molar-refractivity contribution >= 4 is 33.0 Å². The number of carbonyl (C=O) groups is 1. The Morgan fingerprint density at radius 1 is 1.40 bits per heavy atom. The highest BCUT2D eigenvalue weighted by molar-refractivity contribution is 7.91. The second-order valence-electron chi connectivity index (χ2n) is 5.24. The third-order valence-corrected chi connectivity index (χ3v) is 5.56. The van der Waals surface area contributed by atoms with Crippen LogP contribution in [0.1, 0.15) is 17.5 Å². The molecule has 1 aromatic carbocycles. The number of carbonyl (C=O) groups excluding carboxylic acids is 1. The second kappa shape index (κ2) is 5.74. The van der Waals surface area contributed by atoms with Gasteiger partial charge in [-0.15, -0.1) is 11.6 Å². The zero-order valence-corrected chi connectivity index (χ0v) is 13.2. The van der Waals surface area contributed by atoms with Crippen molar-refractivity contribution in [2.24, 2.45) is 0 Å². The van der Waals surface area contributed by atoms with E-state index >= 15 is 0 Å². The highest BCUT2D eigenvalue weighted by Gasteiger charge is 2.35. The molecule has 0 bridgehead atoms. The van der Waals surface area contributed by atoms with Crippen molar-refractivity contribution < 1.29 is 13.2 Å². The van der Waals surface area contributed by atoms with Crippen LogP contribution in [0.15, 0.2) is 18.2 Å². The van der Waals surface area contributed by atoms with E-state index in [1.807, 2.05) is 32.0 Å². The Morgan fingerprint density at radius 3 is 2.65 bits per heavy atom. The number of rotatable bonds is 3. The van der Waals surface area contributed by atoms with E-state index in [1.165, 1.54) is 0 Å². The van der Waals surface area contributed by atoms with Crippen LogP contribution in [0, 0.1) is 13.8 Å². The first kappa shape index (κ1) is 15.3. The van der Waals surface area contributed by atoms with Gasteiger partial charge in [-0.05, 0) is 37.5 Å². The van der Waals surface area contributed by atoms with Crippen molar-refractivity contribution in [2.75, 3.05) is 22.3 Å². The van der Waals surface area contributed by atoms with Crippen molar-refractivity contribution in [3.8, 4) is 0 Å². The highest BCUT2D eigenvalue weighted by atomic mass is 35.5. The van der Waals surface area contributed by atoms with E-state index in [9.17, 15) is 13.2 Å². The van der Waals surface area contributed by atoms with Crippen LogP contribution in [-0.2, 0) is 14.6 Å². The van der Waals surface area contributed by atoms with Crippen LogP contribution in [0.4, 0.5) is 5.69 Å². The van der Waals surface area contributed by atoms with Gasteiger partial charge in [0, 0.05) is 5.69 Å². The van der Waals surface area contributed by atoms with Crippen molar-refractivity contribution in [2.45, 2.75) is 26.3 Å².